The molecule has 1 aromatic carbocycles. The highest BCUT2D eigenvalue weighted by Gasteiger charge is 2.12. The largest absolute Gasteiger partial charge is 0.406 e. The highest BCUT2D eigenvalue weighted by Crippen LogP contribution is 2.26. The molecule has 0 saturated carbocycles. The second-order valence-corrected chi connectivity index (χ2v) is 4.49. The van der Waals surface area contributed by atoms with Gasteiger partial charge in [0.1, 0.15) is 0 Å². The number of nitrogens with one attached hydrogen (secondary N) is 2. The maximum atomic E-state index is 5.45. The summed E-state index contributed by atoms with van der Waals surface area (Å²) < 4.78 is 5.45. The van der Waals surface area contributed by atoms with Crippen molar-refractivity contribution in [1.82, 2.24) is 15.5 Å². The van der Waals surface area contributed by atoms with Crippen LogP contribution < -0.4 is 10.6 Å². The van der Waals surface area contributed by atoms with Crippen LogP contribution in [0.1, 0.15) is 23.4 Å². The van der Waals surface area contributed by atoms with Crippen molar-refractivity contribution in [1.29, 1.82) is 0 Å². The first kappa shape index (κ1) is 11.2. The van der Waals surface area contributed by atoms with Crippen molar-refractivity contribution in [3.8, 4) is 0 Å². The van der Waals surface area contributed by atoms with E-state index in [9.17, 15) is 0 Å². The van der Waals surface area contributed by atoms with Crippen LogP contribution >= 0.6 is 0 Å². The van der Waals surface area contributed by atoms with Gasteiger partial charge in [-0.1, -0.05) is 11.2 Å². The number of hydrogen-bond acceptors (Lipinski definition) is 5. The Hall–Kier alpha value is -1.88. The molecule has 1 aliphatic carbocycles. The lowest BCUT2D eigenvalue weighted by atomic mass is 10.1. The lowest BCUT2D eigenvalue weighted by Gasteiger charge is -2.04. The topological polar surface area (TPSA) is 63.0 Å². The summed E-state index contributed by atoms with van der Waals surface area (Å²) in [5, 5.41) is 14.0. The summed E-state index contributed by atoms with van der Waals surface area (Å²) in [6, 6.07) is 6.85. The van der Waals surface area contributed by atoms with E-state index in [1.54, 1.807) is 0 Å². The third kappa shape index (κ3) is 2.22. The first-order valence-electron chi connectivity index (χ1n) is 6.21. The van der Waals surface area contributed by atoms with Crippen molar-refractivity contribution < 1.29 is 4.42 Å². The monoisotopic (exact) mass is 244 g/mol. The lowest BCUT2D eigenvalue weighted by Crippen LogP contribution is -2.04. The van der Waals surface area contributed by atoms with Gasteiger partial charge in [-0.25, -0.2) is 0 Å². The van der Waals surface area contributed by atoms with E-state index >= 15 is 0 Å². The Labute approximate surface area is 106 Å². The summed E-state index contributed by atoms with van der Waals surface area (Å²) in [7, 11) is 1.85. The van der Waals surface area contributed by atoms with Gasteiger partial charge in [-0.15, -0.1) is 5.10 Å². The lowest BCUT2D eigenvalue weighted by molar-refractivity contribution is 0.493. The Balaban J connectivity index is 1.75. The summed E-state index contributed by atoms with van der Waals surface area (Å²) in [4.78, 5) is 0. The van der Waals surface area contributed by atoms with Gasteiger partial charge in [-0.2, -0.15) is 0 Å². The van der Waals surface area contributed by atoms with E-state index in [0.717, 1.165) is 5.69 Å². The molecule has 1 heterocycles. The van der Waals surface area contributed by atoms with Crippen LogP contribution in [0, 0.1) is 0 Å². The summed E-state index contributed by atoms with van der Waals surface area (Å²) in [6.07, 6.45) is 3.62. The van der Waals surface area contributed by atoms with E-state index < -0.39 is 0 Å². The Morgan fingerprint density at radius 2 is 2.11 bits per heavy atom. The molecule has 18 heavy (non-hydrogen) atoms. The number of benzene rings is 1. The molecule has 0 spiro atoms. The molecule has 0 radical (unpaired) electrons. The van der Waals surface area contributed by atoms with Gasteiger partial charge < -0.3 is 15.1 Å². The van der Waals surface area contributed by atoms with Crippen molar-refractivity contribution >= 4 is 11.7 Å². The quantitative estimate of drug-likeness (QED) is 0.861. The van der Waals surface area contributed by atoms with Crippen LogP contribution in [0.5, 0.6) is 0 Å². The Morgan fingerprint density at radius 1 is 1.22 bits per heavy atom. The van der Waals surface area contributed by atoms with E-state index in [1.807, 2.05) is 7.05 Å². The normalized spacial score (nSPS) is 13.6. The van der Waals surface area contributed by atoms with Gasteiger partial charge in [-0.05, 0) is 49.6 Å². The number of nitrogens with zero attached hydrogens (tertiary/aromatic N) is 2. The van der Waals surface area contributed by atoms with Gasteiger partial charge in [0, 0.05) is 5.69 Å². The molecule has 0 unspecified atom stereocenters. The molecule has 0 aliphatic heterocycles. The Kier molecular flexibility index (Phi) is 2.98. The first-order valence-corrected chi connectivity index (χ1v) is 6.21. The van der Waals surface area contributed by atoms with E-state index in [4.69, 9.17) is 4.42 Å². The van der Waals surface area contributed by atoms with Crippen molar-refractivity contribution in [2.24, 2.45) is 0 Å². The summed E-state index contributed by atoms with van der Waals surface area (Å²) >= 11 is 0. The molecule has 5 nitrogen and oxygen atoms in total. The van der Waals surface area contributed by atoms with Crippen LogP contribution in [0.2, 0.25) is 0 Å². The predicted octanol–water partition coefficient (Wildman–Crippen LogP) is 2.02. The minimum atomic E-state index is 0.443. The van der Waals surface area contributed by atoms with Crippen LogP contribution in [0.3, 0.4) is 0 Å². The molecule has 0 bridgehead atoms. The van der Waals surface area contributed by atoms with Gasteiger partial charge in [0.25, 0.3) is 0 Å². The maximum Gasteiger partial charge on any atom is 0.320 e. The number of hydrogen-bond donors (Lipinski definition) is 2. The SMILES string of the molecule is CNCc1nnc(Nc2ccc3c(c2)CCC3)o1. The molecule has 94 valence electrons. The van der Waals surface area contributed by atoms with E-state index in [2.05, 4.69) is 39.0 Å². The van der Waals surface area contributed by atoms with E-state index in [-0.39, 0.29) is 0 Å². The number of rotatable bonds is 4. The van der Waals surface area contributed by atoms with Crippen molar-refractivity contribution in [3.63, 3.8) is 0 Å². The van der Waals surface area contributed by atoms with Crippen molar-refractivity contribution in [2.75, 3.05) is 12.4 Å². The van der Waals surface area contributed by atoms with Gasteiger partial charge in [0.15, 0.2) is 0 Å². The van der Waals surface area contributed by atoms with Gasteiger partial charge >= 0.3 is 6.01 Å². The molecule has 1 aliphatic rings. The fourth-order valence-electron chi connectivity index (χ4n) is 2.30. The molecule has 0 atom stereocenters. The predicted molar refractivity (Wildman–Crippen MR) is 68.8 cm³/mol. The zero-order valence-electron chi connectivity index (χ0n) is 10.4. The fourth-order valence-corrected chi connectivity index (χ4v) is 2.30. The van der Waals surface area contributed by atoms with Crippen LogP contribution in [-0.4, -0.2) is 17.2 Å². The molecule has 5 heteroatoms. The standard InChI is InChI=1S/C13H16N4O/c1-14-8-12-16-17-13(18-12)15-11-6-5-9-3-2-4-10(9)7-11/h5-7,14H,2-4,8H2,1H3,(H,15,17). The van der Waals surface area contributed by atoms with E-state index in [0.29, 0.717) is 18.5 Å². The molecule has 2 aromatic rings. The summed E-state index contributed by atoms with van der Waals surface area (Å²) in [6.45, 7) is 0.582. The molecule has 0 saturated heterocycles. The molecular formula is C13H16N4O. The molecule has 1 aromatic heterocycles. The van der Waals surface area contributed by atoms with E-state index in [1.165, 1.54) is 30.4 Å². The smallest absolute Gasteiger partial charge is 0.320 e. The highest BCUT2D eigenvalue weighted by atomic mass is 16.4. The Bertz CT molecular complexity index is 550. The van der Waals surface area contributed by atoms with Gasteiger partial charge in [-0.3, -0.25) is 0 Å². The molecule has 3 rings (SSSR count). The average molecular weight is 244 g/mol. The second kappa shape index (κ2) is 4.78. The second-order valence-electron chi connectivity index (χ2n) is 4.49. The first-order chi connectivity index (χ1) is 8.85. The Morgan fingerprint density at radius 3 is 3.00 bits per heavy atom. The fraction of sp³-hybridized carbons (Fsp3) is 0.385. The van der Waals surface area contributed by atoms with Gasteiger partial charge in [0.05, 0.1) is 6.54 Å². The summed E-state index contributed by atoms with van der Waals surface area (Å²) in [5.41, 5.74) is 3.90. The molecular weight excluding hydrogens is 228 g/mol. The molecule has 0 fully saturated rings. The molecule has 2 N–H and O–H groups in total. The number of aromatic nitrogens is 2. The number of aryl methyl sites for hydroxylation is 2. The minimum Gasteiger partial charge on any atom is -0.406 e. The minimum absolute atomic E-state index is 0.443. The van der Waals surface area contributed by atoms with Crippen molar-refractivity contribution in [2.45, 2.75) is 25.8 Å². The zero-order valence-corrected chi connectivity index (χ0v) is 10.4. The van der Waals surface area contributed by atoms with Crippen molar-refractivity contribution in [3.05, 3.63) is 35.2 Å². The average Bonchev–Trinajstić information content (AvgIpc) is 2.98. The number of anilines is 2. The maximum absolute atomic E-state index is 5.45. The van der Waals surface area contributed by atoms with Crippen LogP contribution in [0.15, 0.2) is 22.6 Å². The zero-order chi connectivity index (χ0) is 12.4. The van der Waals surface area contributed by atoms with Crippen LogP contribution in [0.4, 0.5) is 11.7 Å². The van der Waals surface area contributed by atoms with Crippen LogP contribution in [-0.2, 0) is 19.4 Å². The third-order valence-corrected chi connectivity index (χ3v) is 3.14. The third-order valence-electron chi connectivity index (χ3n) is 3.14. The highest BCUT2D eigenvalue weighted by molar-refractivity contribution is 5.55. The van der Waals surface area contributed by atoms with Crippen LogP contribution in [0.25, 0.3) is 0 Å². The molecule has 0 amide bonds. The number of fused-ring (bicyclic) bond motifs is 1. The summed E-state index contributed by atoms with van der Waals surface area (Å²) in [5.74, 6) is 0.584. The van der Waals surface area contributed by atoms with Gasteiger partial charge in [0.2, 0.25) is 5.89 Å².